The molecule has 0 spiro atoms. The van der Waals surface area contributed by atoms with E-state index in [-0.39, 0.29) is 10.3 Å². The van der Waals surface area contributed by atoms with E-state index in [1.54, 1.807) is 33.5 Å². The molecular weight excluding hydrogens is 514 g/mol. The molecule has 198 valence electrons. The van der Waals surface area contributed by atoms with Gasteiger partial charge in [-0.1, -0.05) is 6.07 Å². The van der Waals surface area contributed by atoms with E-state index in [9.17, 15) is 4.79 Å². The Labute approximate surface area is 230 Å². The van der Waals surface area contributed by atoms with Crippen molar-refractivity contribution in [3.05, 3.63) is 87.9 Å². The number of H-pyrrole nitrogens is 1. The maximum atomic E-state index is 14.1. The van der Waals surface area contributed by atoms with Gasteiger partial charge in [0.1, 0.15) is 17.1 Å². The smallest absolute Gasteiger partial charge is 0.269 e. The van der Waals surface area contributed by atoms with E-state index in [0.717, 1.165) is 16.9 Å². The number of hydrogen-bond acceptors (Lipinski definition) is 7. The molecule has 0 amide bonds. The van der Waals surface area contributed by atoms with Gasteiger partial charge in [0.2, 0.25) is 0 Å². The van der Waals surface area contributed by atoms with Crippen LogP contribution >= 0.6 is 12.2 Å². The van der Waals surface area contributed by atoms with Crippen molar-refractivity contribution in [3.63, 3.8) is 0 Å². The molecule has 0 fully saturated rings. The molecule has 5 rings (SSSR count). The summed E-state index contributed by atoms with van der Waals surface area (Å²) in [4.78, 5) is 22.1. The standard InChI is InChI=1S/C30H27N3O5S/c1-5-38-22-13-9-20(10-14-22)33-29(34)27-23(19-8-15-25(36-3)26(16-19)37-4)17-24(31-28(27)32-30(33)39)18-6-11-21(35-2)12-7-18/h6-17H,5H2,1-4H3,(H,31,32,39). The third-order valence-corrected chi connectivity index (χ3v) is 6.64. The van der Waals surface area contributed by atoms with Crippen LogP contribution in [0.3, 0.4) is 0 Å². The van der Waals surface area contributed by atoms with Crippen LogP contribution in [0.2, 0.25) is 0 Å². The van der Waals surface area contributed by atoms with Crippen LogP contribution in [0.1, 0.15) is 6.92 Å². The van der Waals surface area contributed by atoms with Gasteiger partial charge in [0.25, 0.3) is 5.56 Å². The Kier molecular flexibility index (Phi) is 7.33. The maximum Gasteiger partial charge on any atom is 0.269 e. The van der Waals surface area contributed by atoms with Gasteiger partial charge in [-0.15, -0.1) is 0 Å². The SMILES string of the molecule is CCOc1ccc(-n2c(=S)[nH]c3nc(-c4ccc(OC)cc4)cc(-c4ccc(OC)c(OC)c4)c3c2=O)cc1. The van der Waals surface area contributed by atoms with Crippen molar-refractivity contribution in [2.45, 2.75) is 6.92 Å². The molecule has 2 heterocycles. The number of aromatic nitrogens is 3. The Balaban J connectivity index is 1.79. The van der Waals surface area contributed by atoms with E-state index in [4.69, 9.17) is 36.1 Å². The van der Waals surface area contributed by atoms with Crippen LogP contribution in [-0.2, 0) is 0 Å². The Morgan fingerprint density at radius 1 is 0.821 bits per heavy atom. The highest BCUT2D eigenvalue weighted by atomic mass is 32.1. The zero-order valence-electron chi connectivity index (χ0n) is 22.0. The summed E-state index contributed by atoms with van der Waals surface area (Å²) >= 11 is 5.64. The number of nitrogens with one attached hydrogen (secondary N) is 1. The van der Waals surface area contributed by atoms with Crippen molar-refractivity contribution in [2.24, 2.45) is 0 Å². The number of benzene rings is 3. The first kappa shape index (κ1) is 26.0. The highest BCUT2D eigenvalue weighted by molar-refractivity contribution is 7.71. The molecule has 0 saturated heterocycles. The summed E-state index contributed by atoms with van der Waals surface area (Å²) in [5.74, 6) is 2.57. The van der Waals surface area contributed by atoms with Crippen molar-refractivity contribution in [1.82, 2.24) is 14.5 Å². The molecule has 0 bridgehead atoms. The zero-order chi connectivity index (χ0) is 27.5. The lowest BCUT2D eigenvalue weighted by atomic mass is 9.99. The number of nitrogens with zero attached hydrogens (tertiary/aromatic N) is 2. The van der Waals surface area contributed by atoms with Gasteiger partial charge in [0.15, 0.2) is 16.3 Å². The molecule has 0 aliphatic heterocycles. The van der Waals surface area contributed by atoms with E-state index < -0.39 is 0 Å². The fourth-order valence-corrected chi connectivity index (χ4v) is 4.73. The van der Waals surface area contributed by atoms with Crippen LogP contribution in [0.25, 0.3) is 39.1 Å². The second-order valence-corrected chi connectivity index (χ2v) is 8.96. The zero-order valence-corrected chi connectivity index (χ0v) is 22.8. The van der Waals surface area contributed by atoms with Gasteiger partial charge in [-0.2, -0.15) is 0 Å². The number of fused-ring (bicyclic) bond motifs is 1. The predicted octanol–water partition coefficient (Wildman–Crippen LogP) is 6.20. The number of pyridine rings is 1. The molecule has 39 heavy (non-hydrogen) atoms. The van der Waals surface area contributed by atoms with E-state index >= 15 is 0 Å². The van der Waals surface area contributed by atoms with Crippen molar-refractivity contribution < 1.29 is 18.9 Å². The third-order valence-electron chi connectivity index (χ3n) is 6.35. The summed E-state index contributed by atoms with van der Waals surface area (Å²) in [6, 6.07) is 22.2. The topological polar surface area (TPSA) is 87.6 Å². The summed E-state index contributed by atoms with van der Waals surface area (Å²) in [5, 5.41) is 0.391. The molecule has 0 atom stereocenters. The largest absolute Gasteiger partial charge is 0.497 e. The predicted molar refractivity (Wildman–Crippen MR) is 154 cm³/mol. The Bertz CT molecular complexity index is 1760. The number of hydrogen-bond donors (Lipinski definition) is 1. The molecule has 1 N–H and O–H groups in total. The number of methoxy groups -OCH3 is 3. The molecule has 3 aromatic carbocycles. The fraction of sp³-hybridized carbons (Fsp3) is 0.167. The minimum atomic E-state index is -0.295. The second-order valence-electron chi connectivity index (χ2n) is 8.57. The highest BCUT2D eigenvalue weighted by Crippen LogP contribution is 2.36. The van der Waals surface area contributed by atoms with Crippen LogP contribution in [0.5, 0.6) is 23.0 Å². The molecular formula is C30H27N3O5S. The van der Waals surface area contributed by atoms with Crippen molar-refractivity contribution in [2.75, 3.05) is 27.9 Å². The fourth-order valence-electron chi connectivity index (χ4n) is 4.45. The Morgan fingerprint density at radius 2 is 1.49 bits per heavy atom. The maximum absolute atomic E-state index is 14.1. The van der Waals surface area contributed by atoms with E-state index in [1.165, 1.54) is 4.57 Å². The molecule has 2 aromatic heterocycles. The lowest BCUT2D eigenvalue weighted by Gasteiger charge is -2.15. The lowest BCUT2D eigenvalue weighted by molar-refractivity contribution is 0.340. The minimum Gasteiger partial charge on any atom is -0.497 e. The van der Waals surface area contributed by atoms with Gasteiger partial charge >= 0.3 is 0 Å². The molecule has 0 unspecified atom stereocenters. The first-order valence-electron chi connectivity index (χ1n) is 12.3. The monoisotopic (exact) mass is 541 g/mol. The van der Waals surface area contributed by atoms with Gasteiger partial charge in [-0.05, 0) is 91.4 Å². The molecule has 8 nitrogen and oxygen atoms in total. The van der Waals surface area contributed by atoms with Gasteiger partial charge in [0.05, 0.1) is 44.7 Å². The van der Waals surface area contributed by atoms with Gasteiger partial charge in [-0.3, -0.25) is 9.36 Å². The Morgan fingerprint density at radius 3 is 2.13 bits per heavy atom. The molecule has 0 radical (unpaired) electrons. The second kappa shape index (κ2) is 11.0. The van der Waals surface area contributed by atoms with Gasteiger partial charge < -0.3 is 23.9 Å². The first-order chi connectivity index (χ1) is 19.0. The minimum absolute atomic E-state index is 0.231. The summed E-state index contributed by atoms with van der Waals surface area (Å²) < 4.78 is 23.5. The lowest BCUT2D eigenvalue weighted by Crippen LogP contribution is -2.21. The first-order valence-corrected chi connectivity index (χ1v) is 12.7. The summed E-state index contributed by atoms with van der Waals surface area (Å²) in [6.07, 6.45) is 0. The number of ether oxygens (including phenoxy) is 4. The molecule has 0 saturated carbocycles. The van der Waals surface area contributed by atoms with Crippen molar-refractivity contribution in [1.29, 1.82) is 0 Å². The van der Waals surface area contributed by atoms with Crippen LogP contribution in [0, 0.1) is 4.77 Å². The van der Waals surface area contributed by atoms with E-state index in [2.05, 4.69) is 4.98 Å². The van der Waals surface area contributed by atoms with Crippen LogP contribution in [-0.4, -0.2) is 42.5 Å². The van der Waals surface area contributed by atoms with Crippen LogP contribution in [0.4, 0.5) is 0 Å². The average molecular weight is 542 g/mol. The molecule has 0 aliphatic carbocycles. The molecule has 9 heteroatoms. The van der Waals surface area contributed by atoms with Crippen molar-refractivity contribution >= 4 is 23.3 Å². The number of aromatic amines is 1. The highest BCUT2D eigenvalue weighted by Gasteiger charge is 2.18. The molecule has 5 aromatic rings. The van der Waals surface area contributed by atoms with E-state index in [1.807, 2.05) is 67.6 Å². The summed E-state index contributed by atoms with van der Waals surface area (Å²) in [5.41, 5.74) is 3.65. The van der Waals surface area contributed by atoms with E-state index in [0.29, 0.717) is 51.8 Å². The average Bonchev–Trinajstić information content (AvgIpc) is 2.97. The normalized spacial score (nSPS) is 10.9. The third kappa shape index (κ3) is 4.96. The van der Waals surface area contributed by atoms with Crippen molar-refractivity contribution in [3.8, 4) is 51.1 Å². The quantitative estimate of drug-likeness (QED) is 0.234. The van der Waals surface area contributed by atoms with Crippen LogP contribution in [0.15, 0.2) is 77.6 Å². The van der Waals surface area contributed by atoms with Gasteiger partial charge in [0, 0.05) is 11.1 Å². The number of rotatable bonds is 8. The summed E-state index contributed by atoms with van der Waals surface area (Å²) in [7, 11) is 4.77. The van der Waals surface area contributed by atoms with Gasteiger partial charge in [-0.25, -0.2) is 4.98 Å². The Hall–Kier alpha value is -4.63. The molecule has 0 aliphatic rings. The summed E-state index contributed by atoms with van der Waals surface area (Å²) in [6.45, 7) is 2.47. The van der Waals surface area contributed by atoms with Crippen LogP contribution < -0.4 is 24.5 Å².